The van der Waals surface area contributed by atoms with Crippen LogP contribution in [-0.2, 0) is 0 Å². The number of hydrogen-bond donors (Lipinski definition) is 1. The second kappa shape index (κ2) is 7.37. The van der Waals surface area contributed by atoms with E-state index < -0.39 is 0 Å². The Hall–Kier alpha value is -3.11. The fraction of sp³-hybridized carbons (Fsp3) is 0.167. The smallest absolute Gasteiger partial charge is 0.255 e. The minimum absolute atomic E-state index is 0.208. The van der Waals surface area contributed by atoms with E-state index in [0.29, 0.717) is 22.2 Å². The van der Waals surface area contributed by atoms with Gasteiger partial charge in [-0.2, -0.15) is 0 Å². The molecule has 0 atom stereocenters. The van der Waals surface area contributed by atoms with Crippen LogP contribution < -0.4 is 5.32 Å². The number of benzene rings is 3. The molecule has 0 fully saturated rings. The fourth-order valence-corrected chi connectivity index (χ4v) is 3.72. The molecule has 0 aliphatic carbocycles. The van der Waals surface area contributed by atoms with Gasteiger partial charge in [-0.3, -0.25) is 4.79 Å². The fourth-order valence-electron chi connectivity index (χ4n) is 3.55. The van der Waals surface area contributed by atoms with E-state index in [9.17, 15) is 4.79 Å². The molecule has 0 aliphatic heterocycles. The first-order valence-electron chi connectivity index (χ1n) is 9.37. The molecule has 4 nitrogen and oxygen atoms in total. The van der Waals surface area contributed by atoms with Crippen molar-refractivity contribution in [3.63, 3.8) is 0 Å². The maximum Gasteiger partial charge on any atom is 0.255 e. The van der Waals surface area contributed by atoms with Gasteiger partial charge in [0.25, 0.3) is 5.91 Å². The summed E-state index contributed by atoms with van der Waals surface area (Å²) in [5.74, 6) is 0.284. The maximum absolute atomic E-state index is 12.7. The van der Waals surface area contributed by atoms with Crippen LogP contribution in [0.1, 0.15) is 32.6 Å². The number of hydrogen-bond acceptors (Lipinski definition) is 3. The van der Waals surface area contributed by atoms with Crippen molar-refractivity contribution in [2.24, 2.45) is 0 Å². The molecular weight excluding hydrogens is 384 g/mol. The quantitative estimate of drug-likeness (QED) is 0.416. The molecule has 5 heteroatoms. The first kappa shape index (κ1) is 19.2. The van der Waals surface area contributed by atoms with Crippen LogP contribution in [0.2, 0.25) is 5.02 Å². The number of amides is 1. The predicted octanol–water partition coefficient (Wildman–Crippen LogP) is 6.63. The van der Waals surface area contributed by atoms with Gasteiger partial charge in [0.05, 0.1) is 10.7 Å². The SMILES string of the molecule is Cc1cc(C)cc(C(=O)Nc2cc(-c3nc4cc(C)cc(C)c4o3)ccc2Cl)c1. The summed E-state index contributed by atoms with van der Waals surface area (Å²) in [7, 11) is 0. The van der Waals surface area contributed by atoms with Gasteiger partial charge in [-0.15, -0.1) is 0 Å². The number of carbonyl (C=O) groups is 1. The molecule has 0 saturated heterocycles. The third-order valence-electron chi connectivity index (χ3n) is 4.77. The second-order valence-corrected chi connectivity index (χ2v) is 7.88. The van der Waals surface area contributed by atoms with Crippen molar-refractivity contribution in [1.82, 2.24) is 4.98 Å². The van der Waals surface area contributed by atoms with Crippen LogP contribution in [0.5, 0.6) is 0 Å². The first-order chi connectivity index (χ1) is 13.8. The number of halogens is 1. The van der Waals surface area contributed by atoms with Crippen molar-refractivity contribution in [2.45, 2.75) is 27.7 Å². The van der Waals surface area contributed by atoms with Crippen molar-refractivity contribution < 1.29 is 9.21 Å². The Labute approximate surface area is 174 Å². The van der Waals surface area contributed by atoms with Crippen molar-refractivity contribution in [3.8, 4) is 11.5 Å². The number of aromatic nitrogens is 1. The van der Waals surface area contributed by atoms with E-state index in [1.807, 2.05) is 58.0 Å². The van der Waals surface area contributed by atoms with E-state index in [4.69, 9.17) is 16.0 Å². The molecule has 0 bridgehead atoms. The minimum Gasteiger partial charge on any atom is -0.436 e. The number of nitrogens with zero attached hydrogens (tertiary/aromatic N) is 1. The lowest BCUT2D eigenvalue weighted by Crippen LogP contribution is -2.12. The predicted molar refractivity (Wildman–Crippen MR) is 118 cm³/mol. The summed E-state index contributed by atoms with van der Waals surface area (Å²) in [5.41, 5.74) is 7.68. The van der Waals surface area contributed by atoms with Gasteiger partial charge >= 0.3 is 0 Å². The number of fused-ring (bicyclic) bond motifs is 1. The van der Waals surface area contributed by atoms with Gasteiger partial charge in [0.1, 0.15) is 5.52 Å². The van der Waals surface area contributed by atoms with Gasteiger partial charge in [-0.1, -0.05) is 34.9 Å². The third kappa shape index (κ3) is 3.89. The Morgan fingerprint density at radius 3 is 2.34 bits per heavy atom. The molecule has 0 spiro atoms. The van der Waals surface area contributed by atoms with Gasteiger partial charge in [0.2, 0.25) is 5.89 Å². The molecule has 4 rings (SSSR count). The zero-order valence-electron chi connectivity index (χ0n) is 16.8. The molecule has 1 heterocycles. The van der Waals surface area contributed by atoms with Gasteiger partial charge in [-0.05, 0) is 75.2 Å². The molecule has 4 aromatic rings. The van der Waals surface area contributed by atoms with E-state index in [1.54, 1.807) is 12.1 Å². The summed E-state index contributed by atoms with van der Waals surface area (Å²) in [4.78, 5) is 17.3. The van der Waals surface area contributed by atoms with Crippen molar-refractivity contribution >= 4 is 34.3 Å². The van der Waals surface area contributed by atoms with Gasteiger partial charge in [-0.25, -0.2) is 4.98 Å². The molecule has 0 saturated carbocycles. The second-order valence-electron chi connectivity index (χ2n) is 7.47. The summed E-state index contributed by atoms with van der Waals surface area (Å²) < 4.78 is 5.99. The van der Waals surface area contributed by atoms with Crippen LogP contribution in [0.25, 0.3) is 22.6 Å². The Balaban J connectivity index is 1.69. The highest BCUT2D eigenvalue weighted by atomic mass is 35.5. The highest BCUT2D eigenvalue weighted by Gasteiger charge is 2.14. The lowest BCUT2D eigenvalue weighted by Gasteiger charge is -2.10. The summed E-state index contributed by atoms with van der Waals surface area (Å²) in [5, 5.41) is 3.36. The van der Waals surface area contributed by atoms with Gasteiger partial charge in [0, 0.05) is 11.1 Å². The maximum atomic E-state index is 12.7. The van der Waals surface area contributed by atoms with Crippen LogP contribution in [-0.4, -0.2) is 10.9 Å². The van der Waals surface area contributed by atoms with E-state index in [-0.39, 0.29) is 5.91 Å². The van der Waals surface area contributed by atoms with Crippen molar-refractivity contribution in [1.29, 1.82) is 0 Å². The number of aryl methyl sites for hydroxylation is 4. The Morgan fingerprint density at radius 1 is 0.931 bits per heavy atom. The molecule has 0 aliphatic rings. The standard InChI is InChI=1S/C24H21ClN2O2/c1-13-7-14(2)10-18(9-13)23(28)26-20-12-17(5-6-19(20)25)24-27-21-11-15(3)8-16(4)22(21)29-24/h5-12H,1-4H3,(H,26,28). The molecule has 3 aromatic carbocycles. The van der Waals surface area contributed by atoms with Gasteiger partial charge < -0.3 is 9.73 Å². The monoisotopic (exact) mass is 404 g/mol. The Kier molecular flexibility index (Phi) is 4.89. The van der Waals surface area contributed by atoms with Crippen molar-refractivity contribution in [2.75, 3.05) is 5.32 Å². The Bertz CT molecular complexity index is 1240. The normalized spacial score (nSPS) is 11.1. The average Bonchev–Trinajstić information content (AvgIpc) is 3.07. The largest absolute Gasteiger partial charge is 0.436 e. The zero-order valence-corrected chi connectivity index (χ0v) is 17.5. The number of carbonyl (C=O) groups excluding carboxylic acids is 1. The van der Waals surface area contributed by atoms with Crippen LogP contribution in [0, 0.1) is 27.7 Å². The zero-order chi connectivity index (χ0) is 20.7. The topological polar surface area (TPSA) is 55.1 Å². The molecule has 146 valence electrons. The number of anilines is 1. The van der Waals surface area contributed by atoms with E-state index in [2.05, 4.69) is 16.4 Å². The van der Waals surface area contributed by atoms with E-state index in [0.717, 1.165) is 38.9 Å². The molecule has 1 aromatic heterocycles. The van der Waals surface area contributed by atoms with Crippen molar-refractivity contribution in [3.05, 3.63) is 81.4 Å². The molecular formula is C24H21ClN2O2. The summed E-state index contributed by atoms with van der Waals surface area (Å²) in [6.07, 6.45) is 0. The van der Waals surface area contributed by atoms with Crippen LogP contribution in [0.15, 0.2) is 52.9 Å². The van der Waals surface area contributed by atoms with E-state index >= 15 is 0 Å². The third-order valence-corrected chi connectivity index (χ3v) is 5.10. The van der Waals surface area contributed by atoms with Crippen LogP contribution in [0.4, 0.5) is 5.69 Å². The number of nitrogens with one attached hydrogen (secondary N) is 1. The molecule has 29 heavy (non-hydrogen) atoms. The van der Waals surface area contributed by atoms with E-state index in [1.165, 1.54) is 0 Å². The number of oxazole rings is 1. The van der Waals surface area contributed by atoms with Crippen LogP contribution in [0.3, 0.4) is 0 Å². The summed E-state index contributed by atoms with van der Waals surface area (Å²) >= 11 is 6.34. The highest BCUT2D eigenvalue weighted by molar-refractivity contribution is 6.34. The molecule has 1 amide bonds. The Morgan fingerprint density at radius 2 is 1.62 bits per heavy atom. The molecule has 0 unspecified atom stereocenters. The lowest BCUT2D eigenvalue weighted by molar-refractivity contribution is 0.102. The summed E-state index contributed by atoms with van der Waals surface area (Å²) in [6.45, 7) is 7.97. The molecule has 1 N–H and O–H groups in total. The summed E-state index contributed by atoms with van der Waals surface area (Å²) in [6, 6.07) is 15.2. The van der Waals surface area contributed by atoms with Gasteiger partial charge in [0.15, 0.2) is 5.58 Å². The minimum atomic E-state index is -0.208. The highest BCUT2D eigenvalue weighted by Crippen LogP contribution is 2.32. The van der Waals surface area contributed by atoms with Crippen LogP contribution >= 0.6 is 11.6 Å². The average molecular weight is 405 g/mol. The lowest BCUT2D eigenvalue weighted by atomic mass is 10.1. The first-order valence-corrected chi connectivity index (χ1v) is 9.75. The number of rotatable bonds is 3. The molecule has 0 radical (unpaired) electrons.